The van der Waals surface area contributed by atoms with Crippen molar-refractivity contribution in [1.29, 1.82) is 0 Å². The molecule has 0 aromatic rings. The molecule has 0 radical (unpaired) electrons. The zero-order valence-electron chi connectivity index (χ0n) is 10.6. The molecule has 2 unspecified atom stereocenters. The number of aliphatic hydroxyl groups is 1. The van der Waals surface area contributed by atoms with E-state index in [1.165, 1.54) is 0 Å². The molecule has 0 aromatic heterocycles. The lowest BCUT2D eigenvalue weighted by Crippen LogP contribution is -2.27. The number of carbonyl (C=O) groups is 1. The zero-order chi connectivity index (χ0) is 13.2. The first-order chi connectivity index (χ1) is 7.82. The van der Waals surface area contributed by atoms with Crippen LogP contribution in [-0.4, -0.2) is 17.1 Å². The highest BCUT2D eigenvalue weighted by Crippen LogP contribution is 2.28. The van der Waals surface area contributed by atoms with Crippen molar-refractivity contribution < 1.29 is 19.4 Å². The highest BCUT2D eigenvalue weighted by Gasteiger charge is 2.26. The fourth-order valence-corrected chi connectivity index (χ4v) is 1.52. The van der Waals surface area contributed by atoms with Crippen molar-refractivity contribution >= 4 is 5.91 Å². The number of allylic oxidation sites excluding steroid dienone is 3. The van der Waals surface area contributed by atoms with Gasteiger partial charge in [-0.2, -0.15) is 0 Å². The Bertz CT molecular complexity index is 384. The predicted molar refractivity (Wildman–Crippen MR) is 62.2 cm³/mol. The Labute approximate surface area is 101 Å². The summed E-state index contributed by atoms with van der Waals surface area (Å²) in [6.45, 7) is 6.92. The topological polar surface area (TPSA) is 81.8 Å². The number of amides is 1. The molecule has 3 N–H and O–H groups in total. The van der Waals surface area contributed by atoms with Crippen molar-refractivity contribution in [3.63, 3.8) is 0 Å². The molecule has 0 saturated carbocycles. The number of primary amides is 1. The van der Waals surface area contributed by atoms with Gasteiger partial charge in [0.25, 0.3) is 0 Å². The minimum Gasteiger partial charge on any atom is -0.460 e. The highest BCUT2D eigenvalue weighted by atomic mass is 16.6. The van der Waals surface area contributed by atoms with Crippen LogP contribution in [0.1, 0.15) is 34.1 Å². The lowest BCUT2D eigenvalue weighted by atomic mass is 10.0. The zero-order valence-corrected chi connectivity index (χ0v) is 10.6. The average molecular weight is 241 g/mol. The van der Waals surface area contributed by atoms with Gasteiger partial charge in [0, 0.05) is 5.92 Å². The second-order valence-electron chi connectivity index (χ2n) is 4.29. The maximum absolute atomic E-state index is 10.9. The average Bonchev–Trinajstić information content (AvgIpc) is 2.22. The largest absolute Gasteiger partial charge is 0.460 e. The van der Waals surface area contributed by atoms with E-state index in [1.54, 1.807) is 27.7 Å². The number of hydrogen-bond donors (Lipinski definition) is 2. The minimum absolute atomic E-state index is 0.220. The van der Waals surface area contributed by atoms with Gasteiger partial charge in [0.05, 0.1) is 0 Å². The fraction of sp³-hybridized carbons (Fsp3) is 0.583. The molecule has 0 bridgehead atoms. The molecule has 0 fully saturated rings. The SMILES string of the molecule is CC1=C(C)OC(C(O)CC(C)C(N)=O)=C(C)O1. The lowest BCUT2D eigenvalue weighted by Gasteiger charge is -2.25. The molecule has 1 amide bonds. The quantitative estimate of drug-likeness (QED) is 0.779. The van der Waals surface area contributed by atoms with Crippen LogP contribution < -0.4 is 5.73 Å². The standard InChI is InChI=1S/C12H19NO4/c1-6(12(13)15)5-10(14)11-9(4)16-7(2)8(3)17-11/h6,10,14H,5H2,1-4H3,(H2,13,15). The van der Waals surface area contributed by atoms with Crippen LogP contribution in [-0.2, 0) is 14.3 Å². The van der Waals surface area contributed by atoms with Gasteiger partial charge in [-0.3, -0.25) is 4.79 Å². The van der Waals surface area contributed by atoms with Gasteiger partial charge < -0.3 is 20.3 Å². The molecule has 1 heterocycles. The van der Waals surface area contributed by atoms with Crippen molar-refractivity contribution in [2.45, 2.75) is 40.2 Å². The van der Waals surface area contributed by atoms with Crippen molar-refractivity contribution in [2.75, 3.05) is 0 Å². The molecule has 1 aliphatic heterocycles. The molecule has 5 heteroatoms. The Hall–Kier alpha value is -1.49. The van der Waals surface area contributed by atoms with Crippen LogP contribution in [0, 0.1) is 5.92 Å². The van der Waals surface area contributed by atoms with Crippen molar-refractivity contribution in [1.82, 2.24) is 0 Å². The Morgan fingerprint density at radius 3 is 2.29 bits per heavy atom. The third kappa shape index (κ3) is 3.23. The predicted octanol–water partition coefficient (Wildman–Crippen LogP) is 1.39. The summed E-state index contributed by atoms with van der Waals surface area (Å²) in [4.78, 5) is 10.9. The Balaban J connectivity index is 2.73. The molecular formula is C12H19NO4. The Morgan fingerprint density at radius 2 is 1.76 bits per heavy atom. The van der Waals surface area contributed by atoms with E-state index in [-0.39, 0.29) is 6.42 Å². The van der Waals surface area contributed by atoms with E-state index in [4.69, 9.17) is 15.2 Å². The van der Waals surface area contributed by atoms with Crippen molar-refractivity contribution in [2.24, 2.45) is 11.7 Å². The van der Waals surface area contributed by atoms with E-state index < -0.39 is 17.9 Å². The number of rotatable bonds is 4. The second kappa shape index (κ2) is 5.23. The summed E-state index contributed by atoms with van der Waals surface area (Å²) in [7, 11) is 0. The number of aliphatic hydroxyl groups excluding tert-OH is 1. The van der Waals surface area contributed by atoms with E-state index in [0.717, 1.165) is 0 Å². The van der Waals surface area contributed by atoms with Gasteiger partial charge >= 0.3 is 0 Å². The molecule has 0 spiro atoms. The van der Waals surface area contributed by atoms with Crippen LogP contribution in [0.25, 0.3) is 0 Å². The Kier molecular flexibility index (Phi) is 4.17. The molecule has 1 rings (SSSR count). The van der Waals surface area contributed by atoms with Crippen LogP contribution in [0.3, 0.4) is 0 Å². The van der Waals surface area contributed by atoms with Crippen molar-refractivity contribution in [3.05, 3.63) is 23.0 Å². The van der Waals surface area contributed by atoms with Gasteiger partial charge in [-0.1, -0.05) is 6.92 Å². The van der Waals surface area contributed by atoms with E-state index in [0.29, 0.717) is 23.0 Å². The Morgan fingerprint density at radius 1 is 1.24 bits per heavy atom. The summed E-state index contributed by atoms with van der Waals surface area (Å²) in [5.74, 6) is 1.28. The normalized spacial score (nSPS) is 19.6. The first-order valence-corrected chi connectivity index (χ1v) is 5.54. The van der Waals surface area contributed by atoms with Crippen LogP contribution in [0.5, 0.6) is 0 Å². The van der Waals surface area contributed by atoms with Gasteiger partial charge in [0.1, 0.15) is 23.4 Å². The van der Waals surface area contributed by atoms with Gasteiger partial charge in [-0.05, 0) is 27.2 Å². The molecule has 1 aliphatic rings. The van der Waals surface area contributed by atoms with E-state index in [1.807, 2.05) is 0 Å². The summed E-state index contributed by atoms with van der Waals surface area (Å²) in [6.07, 6.45) is -0.668. The minimum atomic E-state index is -0.888. The fourth-order valence-electron chi connectivity index (χ4n) is 1.52. The summed E-state index contributed by atoms with van der Waals surface area (Å²) < 4.78 is 10.9. The molecule has 17 heavy (non-hydrogen) atoms. The number of carbonyl (C=O) groups excluding carboxylic acids is 1. The first-order valence-electron chi connectivity index (χ1n) is 5.54. The van der Waals surface area contributed by atoms with Crippen LogP contribution in [0.2, 0.25) is 0 Å². The molecule has 96 valence electrons. The van der Waals surface area contributed by atoms with E-state index in [9.17, 15) is 9.90 Å². The van der Waals surface area contributed by atoms with E-state index in [2.05, 4.69) is 0 Å². The van der Waals surface area contributed by atoms with Crippen LogP contribution >= 0.6 is 0 Å². The molecular weight excluding hydrogens is 222 g/mol. The van der Waals surface area contributed by atoms with Gasteiger partial charge in [-0.15, -0.1) is 0 Å². The summed E-state index contributed by atoms with van der Waals surface area (Å²) in [5.41, 5.74) is 5.15. The summed E-state index contributed by atoms with van der Waals surface area (Å²) in [5, 5.41) is 9.97. The first kappa shape index (κ1) is 13.6. The third-order valence-corrected chi connectivity index (χ3v) is 2.78. The third-order valence-electron chi connectivity index (χ3n) is 2.78. The number of nitrogens with two attached hydrogens (primary N) is 1. The van der Waals surface area contributed by atoms with Crippen molar-refractivity contribution in [3.8, 4) is 0 Å². The van der Waals surface area contributed by atoms with Crippen LogP contribution in [0.4, 0.5) is 0 Å². The molecule has 0 aromatic carbocycles. The van der Waals surface area contributed by atoms with Gasteiger partial charge in [0.15, 0.2) is 5.76 Å². The summed E-state index contributed by atoms with van der Waals surface area (Å²) in [6, 6.07) is 0. The van der Waals surface area contributed by atoms with Gasteiger partial charge in [-0.25, -0.2) is 0 Å². The number of hydrogen-bond acceptors (Lipinski definition) is 4. The number of ether oxygens (including phenoxy) is 2. The van der Waals surface area contributed by atoms with Crippen LogP contribution in [0.15, 0.2) is 23.0 Å². The smallest absolute Gasteiger partial charge is 0.220 e. The van der Waals surface area contributed by atoms with Gasteiger partial charge in [0.2, 0.25) is 5.91 Å². The molecule has 0 aliphatic carbocycles. The lowest BCUT2D eigenvalue weighted by molar-refractivity contribution is -0.122. The molecule has 5 nitrogen and oxygen atoms in total. The molecule has 2 atom stereocenters. The highest BCUT2D eigenvalue weighted by molar-refractivity contribution is 5.76. The maximum atomic E-state index is 10.9. The monoisotopic (exact) mass is 241 g/mol. The summed E-state index contributed by atoms with van der Waals surface area (Å²) >= 11 is 0. The second-order valence-corrected chi connectivity index (χ2v) is 4.29. The molecule has 0 saturated heterocycles. The maximum Gasteiger partial charge on any atom is 0.220 e. The van der Waals surface area contributed by atoms with E-state index >= 15 is 0 Å².